The van der Waals surface area contributed by atoms with Crippen LogP contribution in [0.1, 0.15) is 37.1 Å². The molecule has 0 spiro atoms. The number of hydrogen-bond donors (Lipinski definition) is 1. The minimum absolute atomic E-state index is 0.0664. The first-order valence-corrected chi connectivity index (χ1v) is 13.1. The normalized spacial score (nSPS) is 18.7. The Morgan fingerprint density at radius 3 is 2.31 bits per heavy atom. The van der Waals surface area contributed by atoms with Crippen molar-refractivity contribution in [3.8, 4) is 0 Å². The maximum absolute atomic E-state index is 12.4. The van der Waals surface area contributed by atoms with Crippen LogP contribution in [0.15, 0.2) is 53.4 Å². The highest BCUT2D eigenvalue weighted by Gasteiger charge is 2.29. The second-order valence-corrected chi connectivity index (χ2v) is 10.8. The standard InChI is InChI=1S/C27H33F3N4S/c1-34(2)26-23-5-3-4-6-24(23)32-25(33-26)17-20-7-9-21(10-8-20)18-31-16-15-19-11-13-22(14-12-19)35-27(28,29)30/h3-6,11-14,20-21,31H,7-10,15-18H2,1-2H3. The van der Waals surface area contributed by atoms with Crippen LogP contribution in [0, 0.1) is 11.8 Å². The molecular weight excluding hydrogens is 469 g/mol. The summed E-state index contributed by atoms with van der Waals surface area (Å²) >= 11 is -0.0664. The van der Waals surface area contributed by atoms with Gasteiger partial charge in [0.2, 0.25) is 0 Å². The van der Waals surface area contributed by atoms with Gasteiger partial charge in [-0.3, -0.25) is 0 Å². The fourth-order valence-electron chi connectivity index (χ4n) is 4.83. The van der Waals surface area contributed by atoms with Crippen molar-refractivity contribution in [2.45, 2.75) is 48.9 Å². The minimum atomic E-state index is -4.24. The molecule has 0 atom stereocenters. The van der Waals surface area contributed by atoms with E-state index in [0.717, 1.165) is 54.0 Å². The quantitative estimate of drug-likeness (QED) is 0.268. The summed E-state index contributed by atoms with van der Waals surface area (Å²) in [5.41, 5.74) is -2.17. The predicted molar refractivity (Wildman–Crippen MR) is 138 cm³/mol. The van der Waals surface area contributed by atoms with Gasteiger partial charge in [0.15, 0.2) is 0 Å². The van der Waals surface area contributed by atoms with Gasteiger partial charge in [-0.05, 0) is 98.6 Å². The summed E-state index contributed by atoms with van der Waals surface area (Å²) in [6.07, 6.45) is 6.54. The van der Waals surface area contributed by atoms with E-state index in [0.29, 0.717) is 11.8 Å². The fraction of sp³-hybridized carbons (Fsp3) is 0.481. The number of nitrogens with one attached hydrogen (secondary N) is 1. The Hall–Kier alpha value is -2.32. The molecule has 1 aliphatic rings. The highest BCUT2D eigenvalue weighted by Crippen LogP contribution is 2.36. The molecule has 8 heteroatoms. The zero-order valence-electron chi connectivity index (χ0n) is 20.3. The third-order valence-electron chi connectivity index (χ3n) is 6.67. The SMILES string of the molecule is CN(C)c1nc(CC2CCC(CNCCc3ccc(SC(F)(F)F)cc3)CC2)nc2ccccc12. The van der Waals surface area contributed by atoms with Crippen molar-refractivity contribution in [2.75, 3.05) is 32.1 Å². The highest BCUT2D eigenvalue weighted by atomic mass is 32.2. The maximum atomic E-state index is 12.4. The average Bonchev–Trinajstić information content (AvgIpc) is 2.82. The third-order valence-corrected chi connectivity index (χ3v) is 7.41. The van der Waals surface area contributed by atoms with E-state index < -0.39 is 5.51 Å². The van der Waals surface area contributed by atoms with Crippen LogP contribution in [0.2, 0.25) is 0 Å². The monoisotopic (exact) mass is 502 g/mol. The Labute approximate surface area is 209 Å². The van der Waals surface area contributed by atoms with Crippen molar-refractivity contribution in [1.82, 2.24) is 15.3 Å². The first-order chi connectivity index (χ1) is 16.8. The summed E-state index contributed by atoms with van der Waals surface area (Å²) in [5, 5.41) is 4.64. The summed E-state index contributed by atoms with van der Waals surface area (Å²) in [5.74, 6) is 3.22. The van der Waals surface area contributed by atoms with Crippen LogP contribution in [0.25, 0.3) is 10.9 Å². The number of alkyl halides is 3. The van der Waals surface area contributed by atoms with E-state index in [9.17, 15) is 13.2 Å². The number of rotatable bonds is 9. The first kappa shape index (κ1) is 25.8. The van der Waals surface area contributed by atoms with E-state index in [1.807, 2.05) is 26.2 Å². The summed E-state index contributed by atoms with van der Waals surface area (Å²) in [6.45, 7) is 1.83. The Kier molecular flexibility index (Phi) is 8.55. The molecular formula is C27H33F3N4S. The highest BCUT2D eigenvalue weighted by molar-refractivity contribution is 8.00. The Morgan fingerprint density at radius 1 is 0.943 bits per heavy atom. The van der Waals surface area contributed by atoms with E-state index in [1.165, 1.54) is 25.7 Å². The number of halogens is 3. The van der Waals surface area contributed by atoms with E-state index in [-0.39, 0.29) is 16.7 Å². The number of thioether (sulfide) groups is 1. The van der Waals surface area contributed by atoms with Gasteiger partial charge in [-0.15, -0.1) is 0 Å². The van der Waals surface area contributed by atoms with E-state index >= 15 is 0 Å². The van der Waals surface area contributed by atoms with Crippen molar-refractivity contribution in [2.24, 2.45) is 11.8 Å². The summed E-state index contributed by atoms with van der Waals surface area (Å²) in [4.78, 5) is 12.0. The zero-order valence-corrected chi connectivity index (χ0v) is 21.1. The summed E-state index contributed by atoms with van der Waals surface area (Å²) in [7, 11) is 4.05. The van der Waals surface area contributed by atoms with Crippen molar-refractivity contribution < 1.29 is 13.2 Å². The molecule has 2 aromatic carbocycles. The second-order valence-electron chi connectivity index (χ2n) is 9.61. The lowest BCUT2D eigenvalue weighted by Gasteiger charge is -2.28. The van der Waals surface area contributed by atoms with Gasteiger partial charge < -0.3 is 10.2 Å². The molecule has 1 heterocycles. The van der Waals surface area contributed by atoms with Crippen molar-refractivity contribution in [1.29, 1.82) is 0 Å². The van der Waals surface area contributed by atoms with Crippen LogP contribution in [0.3, 0.4) is 0 Å². The van der Waals surface area contributed by atoms with Gasteiger partial charge in [-0.2, -0.15) is 13.2 Å². The number of para-hydroxylation sites is 1. The number of fused-ring (bicyclic) bond motifs is 1. The lowest BCUT2D eigenvalue weighted by molar-refractivity contribution is -0.0328. The van der Waals surface area contributed by atoms with Crippen molar-refractivity contribution in [3.05, 3.63) is 59.9 Å². The lowest BCUT2D eigenvalue weighted by atomic mass is 9.80. The van der Waals surface area contributed by atoms with Crippen LogP contribution < -0.4 is 10.2 Å². The molecule has 3 aromatic rings. The molecule has 1 saturated carbocycles. The molecule has 0 radical (unpaired) electrons. The molecule has 4 nitrogen and oxygen atoms in total. The van der Waals surface area contributed by atoms with E-state index in [2.05, 4.69) is 22.3 Å². The number of aromatic nitrogens is 2. The molecule has 0 amide bonds. The van der Waals surface area contributed by atoms with Gasteiger partial charge in [-0.25, -0.2) is 9.97 Å². The Morgan fingerprint density at radius 2 is 1.63 bits per heavy atom. The molecule has 0 saturated heterocycles. The zero-order chi connectivity index (χ0) is 24.8. The lowest BCUT2D eigenvalue weighted by Crippen LogP contribution is -2.28. The van der Waals surface area contributed by atoms with E-state index in [1.54, 1.807) is 24.3 Å². The van der Waals surface area contributed by atoms with Crippen molar-refractivity contribution in [3.63, 3.8) is 0 Å². The Balaban J connectivity index is 1.19. The van der Waals surface area contributed by atoms with Gasteiger partial charge in [0.25, 0.3) is 0 Å². The molecule has 1 N–H and O–H groups in total. The number of hydrogen-bond acceptors (Lipinski definition) is 5. The first-order valence-electron chi connectivity index (χ1n) is 12.3. The third kappa shape index (κ3) is 7.58. The molecule has 1 aliphatic carbocycles. The molecule has 4 rings (SSSR count). The van der Waals surface area contributed by atoms with Crippen LogP contribution in [0.4, 0.5) is 19.0 Å². The smallest absolute Gasteiger partial charge is 0.362 e. The topological polar surface area (TPSA) is 41.1 Å². The Bertz CT molecular complexity index is 1090. The largest absolute Gasteiger partial charge is 0.446 e. The van der Waals surface area contributed by atoms with Crippen molar-refractivity contribution >= 4 is 28.5 Å². The van der Waals surface area contributed by atoms with E-state index in [4.69, 9.17) is 9.97 Å². The molecule has 1 fully saturated rings. The summed E-state index contributed by atoms with van der Waals surface area (Å²) < 4.78 is 37.3. The van der Waals surface area contributed by atoms with Gasteiger partial charge in [-0.1, -0.05) is 24.3 Å². The second kappa shape index (κ2) is 11.6. The number of benzene rings is 2. The number of anilines is 1. The molecule has 0 unspecified atom stereocenters. The predicted octanol–water partition coefficient (Wildman–Crippen LogP) is 6.49. The number of nitrogens with zero attached hydrogens (tertiary/aromatic N) is 3. The molecule has 0 aliphatic heterocycles. The van der Waals surface area contributed by atoms with Gasteiger partial charge in [0, 0.05) is 30.8 Å². The molecule has 1 aromatic heterocycles. The molecule has 35 heavy (non-hydrogen) atoms. The van der Waals surface area contributed by atoms with Gasteiger partial charge >= 0.3 is 5.51 Å². The molecule has 188 valence electrons. The van der Waals surface area contributed by atoms with Gasteiger partial charge in [0.1, 0.15) is 11.6 Å². The molecule has 0 bridgehead atoms. The fourth-order valence-corrected chi connectivity index (χ4v) is 5.37. The van der Waals surface area contributed by atoms with Crippen LogP contribution in [-0.4, -0.2) is 42.7 Å². The van der Waals surface area contributed by atoms with Crippen LogP contribution in [0.5, 0.6) is 0 Å². The van der Waals surface area contributed by atoms with Crippen LogP contribution >= 0.6 is 11.8 Å². The van der Waals surface area contributed by atoms with Crippen LogP contribution in [-0.2, 0) is 12.8 Å². The summed E-state index contributed by atoms with van der Waals surface area (Å²) in [6, 6.07) is 14.9. The average molecular weight is 503 g/mol. The van der Waals surface area contributed by atoms with Gasteiger partial charge in [0.05, 0.1) is 5.52 Å². The minimum Gasteiger partial charge on any atom is -0.362 e. The maximum Gasteiger partial charge on any atom is 0.446 e.